The zero-order valence-electron chi connectivity index (χ0n) is 11.9. The first-order valence-corrected chi connectivity index (χ1v) is 6.73. The van der Waals surface area contributed by atoms with Crippen LogP contribution in [0, 0.1) is 12.3 Å². The van der Waals surface area contributed by atoms with Gasteiger partial charge in [0.25, 0.3) is 0 Å². The normalized spacial score (nSPS) is 16.1. The monoisotopic (exact) mass is 276 g/mol. The fraction of sp³-hybridized carbons (Fsp3) is 0.467. The minimum absolute atomic E-state index is 0.111. The highest BCUT2D eigenvalue weighted by Crippen LogP contribution is 2.41. The van der Waals surface area contributed by atoms with Gasteiger partial charge >= 0.3 is 5.97 Å². The van der Waals surface area contributed by atoms with Crippen LogP contribution < -0.4 is 11.1 Å². The van der Waals surface area contributed by atoms with Gasteiger partial charge < -0.3 is 15.8 Å². The summed E-state index contributed by atoms with van der Waals surface area (Å²) in [5.41, 5.74) is 7.02. The lowest BCUT2D eigenvalue weighted by Gasteiger charge is -2.39. The van der Waals surface area contributed by atoms with Crippen LogP contribution in [0.15, 0.2) is 18.2 Å². The first-order valence-electron chi connectivity index (χ1n) is 6.73. The first kappa shape index (κ1) is 14.5. The standard InChI is InChI=1S/C15H20N2O3/c1-10-4-5-12(11(8-10)13(18)20-2)17-14(19)15(9-16)6-3-7-15/h4-5,8H,3,6-7,9,16H2,1-2H3,(H,17,19). The Morgan fingerprint density at radius 1 is 1.40 bits per heavy atom. The van der Waals surface area contributed by atoms with Crippen molar-refractivity contribution in [1.29, 1.82) is 0 Å². The van der Waals surface area contributed by atoms with E-state index < -0.39 is 11.4 Å². The Hall–Kier alpha value is -1.88. The van der Waals surface area contributed by atoms with Crippen LogP contribution >= 0.6 is 0 Å². The van der Waals surface area contributed by atoms with E-state index in [9.17, 15) is 9.59 Å². The van der Waals surface area contributed by atoms with Gasteiger partial charge in [0.2, 0.25) is 5.91 Å². The van der Waals surface area contributed by atoms with E-state index in [0.29, 0.717) is 17.8 Å². The van der Waals surface area contributed by atoms with Gasteiger partial charge in [0, 0.05) is 6.54 Å². The Bertz CT molecular complexity index is 530. The Kier molecular flexibility index (Phi) is 4.09. The van der Waals surface area contributed by atoms with Crippen molar-refractivity contribution >= 4 is 17.6 Å². The molecule has 3 N–H and O–H groups in total. The predicted molar refractivity (Wildman–Crippen MR) is 76.5 cm³/mol. The fourth-order valence-corrected chi connectivity index (χ4v) is 2.43. The van der Waals surface area contributed by atoms with Crippen molar-refractivity contribution in [3.63, 3.8) is 0 Å². The second-order valence-electron chi connectivity index (χ2n) is 5.33. The molecule has 0 unspecified atom stereocenters. The van der Waals surface area contributed by atoms with Gasteiger partial charge in [-0.3, -0.25) is 4.79 Å². The van der Waals surface area contributed by atoms with Crippen molar-refractivity contribution in [3.8, 4) is 0 Å². The Labute approximate surface area is 118 Å². The van der Waals surface area contributed by atoms with E-state index in [4.69, 9.17) is 10.5 Å². The predicted octanol–water partition coefficient (Wildman–Crippen LogP) is 1.85. The molecule has 0 spiro atoms. The van der Waals surface area contributed by atoms with E-state index >= 15 is 0 Å². The number of carbonyl (C=O) groups is 2. The first-order chi connectivity index (χ1) is 9.52. The molecule has 1 saturated carbocycles. The molecule has 1 aliphatic carbocycles. The molecular formula is C15H20N2O3. The minimum atomic E-state index is -0.474. The molecule has 5 heteroatoms. The molecule has 1 aliphatic rings. The second kappa shape index (κ2) is 5.63. The number of benzene rings is 1. The van der Waals surface area contributed by atoms with Crippen LogP contribution in [0.4, 0.5) is 5.69 Å². The summed E-state index contributed by atoms with van der Waals surface area (Å²) >= 11 is 0. The van der Waals surface area contributed by atoms with E-state index in [0.717, 1.165) is 24.8 Å². The second-order valence-corrected chi connectivity index (χ2v) is 5.33. The van der Waals surface area contributed by atoms with Gasteiger partial charge in [-0.25, -0.2) is 4.79 Å². The maximum Gasteiger partial charge on any atom is 0.339 e. The summed E-state index contributed by atoms with van der Waals surface area (Å²) < 4.78 is 4.75. The van der Waals surface area contributed by atoms with Crippen LogP contribution in [0.1, 0.15) is 35.2 Å². The van der Waals surface area contributed by atoms with E-state index in [1.807, 2.05) is 13.0 Å². The molecule has 1 aromatic carbocycles. The molecule has 0 saturated heterocycles. The van der Waals surface area contributed by atoms with Crippen LogP contribution in [0.3, 0.4) is 0 Å². The summed E-state index contributed by atoms with van der Waals surface area (Å²) in [5.74, 6) is -0.570. The Morgan fingerprint density at radius 3 is 2.60 bits per heavy atom. The van der Waals surface area contributed by atoms with Gasteiger partial charge in [-0.2, -0.15) is 0 Å². The van der Waals surface area contributed by atoms with E-state index in [1.54, 1.807) is 12.1 Å². The Morgan fingerprint density at radius 2 is 2.10 bits per heavy atom. The van der Waals surface area contributed by atoms with Crippen LogP contribution in [-0.2, 0) is 9.53 Å². The number of nitrogens with one attached hydrogen (secondary N) is 1. The van der Waals surface area contributed by atoms with Crippen molar-refractivity contribution in [2.24, 2.45) is 11.1 Å². The quantitative estimate of drug-likeness (QED) is 0.822. The molecule has 0 aromatic heterocycles. The molecule has 1 aromatic rings. The van der Waals surface area contributed by atoms with Crippen LogP contribution in [-0.4, -0.2) is 25.5 Å². The number of hydrogen-bond acceptors (Lipinski definition) is 4. The number of anilines is 1. The summed E-state index contributed by atoms with van der Waals surface area (Å²) in [5, 5.41) is 2.83. The maximum absolute atomic E-state index is 12.4. The molecular weight excluding hydrogens is 256 g/mol. The van der Waals surface area contributed by atoms with Gasteiger partial charge in [-0.1, -0.05) is 18.1 Å². The zero-order valence-corrected chi connectivity index (χ0v) is 11.9. The molecule has 0 heterocycles. The number of rotatable bonds is 4. The number of methoxy groups -OCH3 is 1. The number of aryl methyl sites for hydroxylation is 1. The highest BCUT2D eigenvalue weighted by molar-refractivity contribution is 6.03. The molecule has 0 bridgehead atoms. The molecule has 20 heavy (non-hydrogen) atoms. The van der Waals surface area contributed by atoms with Crippen molar-refractivity contribution in [1.82, 2.24) is 0 Å². The number of hydrogen-bond donors (Lipinski definition) is 2. The summed E-state index contributed by atoms with van der Waals surface area (Å²) in [6, 6.07) is 5.28. The average molecular weight is 276 g/mol. The number of esters is 1. The molecule has 2 rings (SSSR count). The van der Waals surface area contributed by atoms with E-state index in [1.165, 1.54) is 7.11 Å². The third-order valence-electron chi connectivity index (χ3n) is 4.01. The lowest BCUT2D eigenvalue weighted by atomic mass is 9.68. The zero-order chi connectivity index (χ0) is 14.8. The largest absolute Gasteiger partial charge is 0.465 e. The number of ether oxygens (including phenoxy) is 1. The van der Waals surface area contributed by atoms with Crippen molar-refractivity contribution < 1.29 is 14.3 Å². The lowest BCUT2D eigenvalue weighted by molar-refractivity contribution is -0.129. The molecule has 108 valence electrons. The van der Waals surface area contributed by atoms with Crippen LogP contribution in [0.5, 0.6) is 0 Å². The molecule has 0 radical (unpaired) electrons. The topological polar surface area (TPSA) is 81.4 Å². The molecule has 5 nitrogen and oxygen atoms in total. The third kappa shape index (κ3) is 2.54. The van der Waals surface area contributed by atoms with Gasteiger partial charge in [-0.15, -0.1) is 0 Å². The highest BCUT2D eigenvalue weighted by atomic mass is 16.5. The molecule has 1 amide bonds. The van der Waals surface area contributed by atoms with Crippen molar-refractivity contribution in [3.05, 3.63) is 29.3 Å². The van der Waals surface area contributed by atoms with E-state index in [2.05, 4.69) is 5.32 Å². The van der Waals surface area contributed by atoms with Gasteiger partial charge in [0.15, 0.2) is 0 Å². The van der Waals surface area contributed by atoms with Crippen LogP contribution in [0.2, 0.25) is 0 Å². The lowest BCUT2D eigenvalue weighted by Crippen LogP contribution is -2.47. The maximum atomic E-state index is 12.4. The molecule has 0 atom stereocenters. The van der Waals surface area contributed by atoms with Gasteiger partial charge in [0.05, 0.1) is 23.8 Å². The SMILES string of the molecule is COC(=O)c1cc(C)ccc1NC(=O)C1(CN)CCC1. The summed E-state index contributed by atoms with van der Waals surface area (Å²) in [4.78, 5) is 24.1. The third-order valence-corrected chi connectivity index (χ3v) is 4.01. The number of nitrogens with two attached hydrogens (primary N) is 1. The highest BCUT2D eigenvalue weighted by Gasteiger charge is 2.43. The smallest absolute Gasteiger partial charge is 0.339 e. The summed E-state index contributed by atoms with van der Waals surface area (Å²) in [7, 11) is 1.32. The minimum Gasteiger partial charge on any atom is -0.465 e. The summed E-state index contributed by atoms with van der Waals surface area (Å²) in [6.07, 6.45) is 2.62. The fourth-order valence-electron chi connectivity index (χ4n) is 2.43. The molecule has 1 fully saturated rings. The number of amides is 1. The average Bonchev–Trinajstić information content (AvgIpc) is 2.39. The van der Waals surface area contributed by atoms with E-state index in [-0.39, 0.29) is 5.91 Å². The number of carbonyl (C=O) groups excluding carboxylic acids is 2. The van der Waals surface area contributed by atoms with Crippen molar-refractivity contribution in [2.45, 2.75) is 26.2 Å². The van der Waals surface area contributed by atoms with Gasteiger partial charge in [0.1, 0.15) is 0 Å². The van der Waals surface area contributed by atoms with Crippen molar-refractivity contribution in [2.75, 3.05) is 19.0 Å². The Balaban J connectivity index is 2.25. The van der Waals surface area contributed by atoms with Crippen LogP contribution in [0.25, 0.3) is 0 Å². The molecule has 0 aliphatic heterocycles. The summed E-state index contributed by atoms with van der Waals surface area (Å²) in [6.45, 7) is 2.21. The van der Waals surface area contributed by atoms with Gasteiger partial charge in [-0.05, 0) is 31.9 Å².